The summed E-state index contributed by atoms with van der Waals surface area (Å²) in [5.41, 5.74) is 2.77. The summed E-state index contributed by atoms with van der Waals surface area (Å²) in [6.45, 7) is 3.68. The van der Waals surface area contributed by atoms with Gasteiger partial charge in [-0.1, -0.05) is 6.07 Å². The molecule has 0 bridgehead atoms. The fourth-order valence-electron chi connectivity index (χ4n) is 2.93. The molecule has 0 amide bonds. The van der Waals surface area contributed by atoms with Crippen LogP contribution in [-0.4, -0.2) is 21.2 Å². The molecule has 1 aromatic carbocycles. The molecule has 0 aliphatic heterocycles. The van der Waals surface area contributed by atoms with E-state index in [1.54, 1.807) is 27.1 Å². The van der Waals surface area contributed by atoms with Crippen LogP contribution in [0.5, 0.6) is 5.75 Å². The molecule has 124 valence electrons. The molecule has 24 heavy (non-hydrogen) atoms. The van der Waals surface area contributed by atoms with Crippen LogP contribution in [0.4, 0.5) is 0 Å². The van der Waals surface area contributed by atoms with E-state index in [0.717, 1.165) is 21.2 Å². The molecule has 0 unspecified atom stereocenters. The first-order valence-electron chi connectivity index (χ1n) is 7.58. The topological polar surface area (TPSA) is 66.1 Å². The van der Waals surface area contributed by atoms with Crippen LogP contribution in [0.3, 0.4) is 0 Å². The summed E-state index contributed by atoms with van der Waals surface area (Å²) in [6, 6.07) is 7.47. The zero-order valence-electron chi connectivity index (χ0n) is 14.4. The van der Waals surface area contributed by atoms with Gasteiger partial charge < -0.3 is 9.30 Å². The van der Waals surface area contributed by atoms with Gasteiger partial charge in [0.05, 0.1) is 12.7 Å². The first-order valence-corrected chi connectivity index (χ1v) is 7.58. The van der Waals surface area contributed by atoms with Gasteiger partial charge in [0.25, 0.3) is 5.56 Å². The summed E-state index contributed by atoms with van der Waals surface area (Å²) in [7, 11) is 4.74. The zero-order chi connectivity index (χ0) is 17.6. The molecule has 0 saturated heterocycles. The van der Waals surface area contributed by atoms with Crippen molar-refractivity contribution in [1.29, 1.82) is 0 Å². The van der Waals surface area contributed by atoms with Gasteiger partial charge in [0, 0.05) is 30.9 Å². The van der Waals surface area contributed by atoms with Crippen molar-refractivity contribution in [2.24, 2.45) is 14.1 Å². The normalized spacial score (nSPS) is 11.0. The van der Waals surface area contributed by atoms with Crippen molar-refractivity contribution in [3.63, 3.8) is 0 Å². The van der Waals surface area contributed by atoms with E-state index in [2.05, 4.69) is 4.98 Å². The Morgan fingerprint density at radius 2 is 1.71 bits per heavy atom. The monoisotopic (exact) mass is 325 g/mol. The molecular formula is C18H19N3O3. The van der Waals surface area contributed by atoms with Gasteiger partial charge in [-0.05, 0) is 37.6 Å². The molecule has 3 aromatic rings. The van der Waals surface area contributed by atoms with Crippen LogP contribution in [0.15, 0.2) is 33.9 Å². The molecule has 6 heteroatoms. The van der Waals surface area contributed by atoms with Crippen molar-refractivity contribution < 1.29 is 4.74 Å². The molecule has 0 aliphatic carbocycles. The minimum atomic E-state index is -0.340. The highest BCUT2D eigenvalue weighted by Crippen LogP contribution is 2.33. The summed E-state index contributed by atoms with van der Waals surface area (Å²) < 4.78 is 8.00. The lowest BCUT2D eigenvalue weighted by atomic mass is 9.99. The van der Waals surface area contributed by atoms with E-state index in [-0.39, 0.29) is 11.2 Å². The Kier molecular flexibility index (Phi) is 3.75. The van der Waals surface area contributed by atoms with Crippen LogP contribution in [0.1, 0.15) is 11.4 Å². The number of aromatic nitrogens is 3. The van der Waals surface area contributed by atoms with E-state index in [1.807, 2.05) is 25.1 Å². The van der Waals surface area contributed by atoms with Gasteiger partial charge >= 0.3 is 5.69 Å². The first-order chi connectivity index (χ1) is 11.4. The second-order valence-electron chi connectivity index (χ2n) is 5.83. The second-order valence-corrected chi connectivity index (χ2v) is 5.83. The Labute approximate surface area is 139 Å². The van der Waals surface area contributed by atoms with Gasteiger partial charge in [-0.25, -0.2) is 9.78 Å². The number of pyridine rings is 1. The second kappa shape index (κ2) is 5.63. The number of hydrogen-bond donors (Lipinski definition) is 0. The lowest BCUT2D eigenvalue weighted by Gasteiger charge is -2.15. The summed E-state index contributed by atoms with van der Waals surface area (Å²) in [6.07, 6.45) is 0. The smallest absolute Gasteiger partial charge is 0.330 e. The molecule has 0 aliphatic rings. The van der Waals surface area contributed by atoms with Gasteiger partial charge in [-0.2, -0.15) is 0 Å². The predicted octanol–water partition coefficient (Wildman–Crippen LogP) is 1.92. The zero-order valence-corrected chi connectivity index (χ0v) is 14.4. The first kappa shape index (κ1) is 16.0. The average Bonchev–Trinajstić information content (AvgIpc) is 2.58. The highest BCUT2D eigenvalue weighted by atomic mass is 16.5. The number of fused-ring (bicyclic) bond motifs is 1. The van der Waals surface area contributed by atoms with E-state index >= 15 is 0 Å². The van der Waals surface area contributed by atoms with Crippen molar-refractivity contribution in [2.75, 3.05) is 7.11 Å². The third-order valence-corrected chi connectivity index (χ3v) is 4.41. The number of nitrogens with zero attached hydrogens (tertiary/aromatic N) is 3. The number of methoxy groups -OCH3 is 1. The van der Waals surface area contributed by atoms with Gasteiger partial charge in [0.1, 0.15) is 11.3 Å². The third-order valence-electron chi connectivity index (χ3n) is 4.41. The van der Waals surface area contributed by atoms with Gasteiger partial charge in [-0.15, -0.1) is 0 Å². The van der Waals surface area contributed by atoms with Crippen LogP contribution >= 0.6 is 0 Å². The maximum absolute atomic E-state index is 12.7. The summed E-state index contributed by atoms with van der Waals surface area (Å²) in [5, 5.41) is 0.818. The minimum absolute atomic E-state index is 0.317. The Bertz CT molecular complexity index is 1080. The molecule has 2 aromatic heterocycles. The van der Waals surface area contributed by atoms with Crippen molar-refractivity contribution in [3.8, 4) is 16.9 Å². The molecule has 0 radical (unpaired) electrons. The molecule has 0 fully saturated rings. The van der Waals surface area contributed by atoms with Crippen molar-refractivity contribution in [3.05, 3.63) is 56.5 Å². The Morgan fingerprint density at radius 1 is 1.00 bits per heavy atom. The molecule has 0 spiro atoms. The fourth-order valence-corrected chi connectivity index (χ4v) is 2.93. The molecule has 0 saturated carbocycles. The van der Waals surface area contributed by atoms with E-state index in [9.17, 15) is 9.59 Å². The van der Waals surface area contributed by atoms with Crippen LogP contribution in [0.25, 0.3) is 22.0 Å². The highest BCUT2D eigenvalue weighted by Gasteiger charge is 2.18. The lowest BCUT2D eigenvalue weighted by molar-refractivity contribution is 0.419. The molecule has 6 nitrogen and oxygen atoms in total. The Balaban J connectivity index is 2.50. The van der Waals surface area contributed by atoms with Crippen LogP contribution < -0.4 is 16.0 Å². The summed E-state index contributed by atoms with van der Waals surface area (Å²) >= 11 is 0. The average molecular weight is 325 g/mol. The van der Waals surface area contributed by atoms with Crippen molar-refractivity contribution in [1.82, 2.24) is 14.1 Å². The number of ether oxygens (including phenoxy) is 1. The standard InChI is InChI=1S/C18H19N3O3/c1-10-6-7-13-12(8-9-14(24-5)16(13)19-10)15-11(2)20(3)18(23)21(4)17(15)22/h6-9H,1-5H3. The minimum Gasteiger partial charge on any atom is -0.494 e. The molecule has 0 N–H and O–H groups in total. The Hall–Kier alpha value is -2.89. The Morgan fingerprint density at radius 3 is 2.38 bits per heavy atom. The SMILES string of the molecule is COc1ccc(-c2c(C)n(C)c(=O)n(C)c2=O)c2ccc(C)nc12. The molecule has 0 atom stereocenters. The molecular weight excluding hydrogens is 306 g/mol. The van der Waals surface area contributed by atoms with Crippen molar-refractivity contribution in [2.45, 2.75) is 13.8 Å². The van der Waals surface area contributed by atoms with E-state index in [4.69, 9.17) is 4.74 Å². The maximum atomic E-state index is 12.7. The van der Waals surface area contributed by atoms with E-state index in [0.29, 0.717) is 22.5 Å². The number of rotatable bonds is 2. The van der Waals surface area contributed by atoms with Gasteiger partial charge in [-0.3, -0.25) is 9.36 Å². The number of hydrogen-bond acceptors (Lipinski definition) is 4. The summed E-state index contributed by atoms with van der Waals surface area (Å²) in [5.74, 6) is 0.650. The maximum Gasteiger partial charge on any atom is 0.330 e. The van der Waals surface area contributed by atoms with Crippen LogP contribution in [0, 0.1) is 13.8 Å². The van der Waals surface area contributed by atoms with Crippen LogP contribution in [-0.2, 0) is 14.1 Å². The number of benzene rings is 1. The molecule has 2 heterocycles. The predicted molar refractivity (Wildman–Crippen MR) is 93.7 cm³/mol. The molecule has 3 rings (SSSR count). The lowest BCUT2D eigenvalue weighted by Crippen LogP contribution is -2.39. The van der Waals surface area contributed by atoms with E-state index in [1.165, 1.54) is 11.6 Å². The number of aryl methyl sites for hydroxylation is 1. The largest absolute Gasteiger partial charge is 0.494 e. The summed E-state index contributed by atoms with van der Waals surface area (Å²) in [4.78, 5) is 29.4. The fraction of sp³-hybridized carbons (Fsp3) is 0.278. The van der Waals surface area contributed by atoms with Gasteiger partial charge in [0.2, 0.25) is 0 Å². The van der Waals surface area contributed by atoms with Crippen LogP contribution in [0.2, 0.25) is 0 Å². The van der Waals surface area contributed by atoms with E-state index < -0.39 is 0 Å². The van der Waals surface area contributed by atoms with Gasteiger partial charge in [0.15, 0.2) is 0 Å². The quantitative estimate of drug-likeness (QED) is 0.722. The highest BCUT2D eigenvalue weighted by molar-refractivity contribution is 5.98. The van der Waals surface area contributed by atoms with Crippen molar-refractivity contribution >= 4 is 10.9 Å². The third kappa shape index (κ3) is 2.22.